The topological polar surface area (TPSA) is 107 Å². The van der Waals surface area contributed by atoms with Crippen molar-refractivity contribution in [1.29, 1.82) is 0 Å². The second kappa shape index (κ2) is 9.01. The second-order valence-electron chi connectivity index (χ2n) is 9.08. The minimum atomic E-state index is -0.799. The van der Waals surface area contributed by atoms with Crippen LogP contribution in [0.4, 0.5) is 15.2 Å². The van der Waals surface area contributed by atoms with Crippen molar-refractivity contribution in [1.82, 2.24) is 23.7 Å². The van der Waals surface area contributed by atoms with Crippen molar-refractivity contribution in [3.63, 3.8) is 0 Å². The molecule has 0 bridgehead atoms. The van der Waals surface area contributed by atoms with Crippen molar-refractivity contribution in [2.24, 2.45) is 14.1 Å². The van der Waals surface area contributed by atoms with Gasteiger partial charge in [0.2, 0.25) is 5.91 Å². The van der Waals surface area contributed by atoms with Crippen molar-refractivity contribution in [3.8, 4) is 11.3 Å². The highest BCUT2D eigenvalue weighted by Crippen LogP contribution is 2.32. The summed E-state index contributed by atoms with van der Waals surface area (Å²) in [5, 5.41) is 4.87. The Morgan fingerprint density at radius 3 is 2.72 bits per heavy atom. The van der Waals surface area contributed by atoms with Crippen molar-refractivity contribution >= 4 is 39.2 Å². The molecule has 36 heavy (non-hydrogen) atoms. The fraction of sp³-hybridized carbons (Fsp3) is 0.375. The van der Waals surface area contributed by atoms with Gasteiger partial charge in [0.05, 0.1) is 17.7 Å². The lowest BCUT2D eigenvalue weighted by Crippen LogP contribution is -2.38. The Labute approximate surface area is 209 Å². The number of imidazole rings is 1. The molecule has 1 saturated heterocycles. The number of halogens is 1. The summed E-state index contributed by atoms with van der Waals surface area (Å²) in [6.07, 6.45) is 3.47. The van der Waals surface area contributed by atoms with Crippen molar-refractivity contribution < 1.29 is 9.18 Å². The number of carbonyl (C=O) groups is 1. The molecule has 1 N–H and O–H groups in total. The highest BCUT2D eigenvalue weighted by molar-refractivity contribution is 7.14. The van der Waals surface area contributed by atoms with Crippen LogP contribution in [0.3, 0.4) is 0 Å². The molecule has 5 rings (SSSR count). The molecular formula is C24H26FN7O3S. The Morgan fingerprint density at radius 2 is 2.03 bits per heavy atom. The summed E-state index contributed by atoms with van der Waals surface area (Å²) >= 11 is 1.22. The molecule has 4 aromatic rings. The predicted molar refractivity (Wildman–Crippen MR) is 137 cm³/mol. The smallest absolute Gasteiger partial charge is 0.332 e. The van der Waals surface area contributed by atoms with Crippen LogP contribution in [-0.2, 0) is 18.9 Å². The maximum absolute atomic E-state index is 14.9. The van der Waals surface area contributed by atoms with Gasteiger partial charge in [0.15, 0.2) is 16.3 Å². The molecule has 0 radical (unpaired) electrons. The molecule has 2 unspecified atom stereocenters. The molecule has 1 amide bonds. The van der Waals surface area contributed by atoms with Crippen molar-refractivity contribution in [2.75, 3.05) is 16.8 Å². The number of fused-ring (bicyclic) bond motifs is 1. The van der Waals surface area contributed by atoms with Gasteiger partial charge in [-0.2, -0.15) is 0 Å². The Morgan fingerprint density at radius 1 is 1.25 bits per heavy atom. The number of anilines is 2. The third-order valence-electron chi connectivity index (χ3n) is 6.81. The normalized spacial score (nSPS) is 16.6. The number of hydrogen-bond donors (Lipinski definition) is 1. The van der Waals surface area contributed by atoms with Crippen LogP contribution in [-0.4, -0.2) is 42.2 Å². The summed E-state index contributed by atoms with van der Waals surface area (Å²) < 4.78 is 18.6. The Balaban J connectivity index is 1.36. The largest absolute Gasteiger partial charge is 0.366 e. The summed E-state index contributed by atoms with van der Waals surface area (Å²) in [5.41, 5.74) is 1.11. The molecule has 10 nitrogen and oxygen atoms in total. The number of rotatable bonds is 5. The molecule has 1 aromatic carbocycles. The molecule has 0 aliphatic carbocycles. The fourth-order valence-electron chi connectivity index (χ4n) is 4.65. The van der Waals surface area contributed by atoms with Crippen LogP contribution in [0.1, 0.15) is 32.7 Å². The number of amides is 1. The first-order valence-corrected chi connectivity index (χ1v) is 12.5. The average Bonchev–Trinajstić information content (AvgIpc) is 3.61. The van der Waals surface area contributed by atoms with E-state index in [0.29, 0.717) is 28.1 Å². The van der Waals surface area contributed by atoms with E-state index in [1.807, 2.05) is 6.07 Å². The Hall–Kier alpha value is -3.80. The van der Waals surface area contributed by atoms with Crippen molar-refractivity contribution in [2.45, 2.75) is 38.8 Å². The van der Waals surface area contributed by atoms with Gasteiger partial charge in [0, 0.05) is 37.6 Å². The van der Waals surface area contributed by atoms with Crippen LogP contribution in [0.5, 0.6) is 0 Å². The highest BCUT2D eigenvalue weighted by Gasteiger charge is 2.24. The van der Waals surface area contributed by atoms with E-state index in [2.05, 4.69) is 27.1 Å². The molecule has 1 aliphatic rings. The number of hydrogen-bond acceptors (Lipinski definition) is 7. The number of nitrogens with one attached hydrogen (secondary N) is 1. The summed E-state index contributed by atoms with van der Waals surface area (Å²) in [4.78, 5) is 48.5. The lowest BCUT2D eigenvalue weighted by Gasteiger charge is -2.24. The number of carbonyl (C=O) groups excluding carboxylic acids is 1. The molecule has 1 fully saturated rings. The van der Waals surface area contributed by atoms with Crippen LogP contribution < -0.4 is 21.5 Å². The first-order valence-electron chi connectivity index (χ1n) is 11.6. The van der Waals surface area contributed by atoms with Gasteiger partial charge < -0.3 is 14.8 Å². The van der Waals surface area contributed by atoms with E-state index in [4.69, 9.17) is 0 Å². The number of nitrogens with zero attached hydrogens (tertiary/aromatic N) is 6. The molecule has 0 saturated carbocycles. The lowest BCUT2D eigenvalue weighted by molar-refractivity contribution is -0.118. The van der Waals surface area contributed by atoms with Gasteiger partial charge in [-0.15, -0.1) is 11.3 Å². The minimum absolute atomic E-state index is 0.157. The van der Waals surface area contributed by atoms with E-state index in [9.17, 15) is 18.8 Å². The second-order valence-corrected chi connectivity index (χ2v) is 9.94. The number of aromatic nitrogens is 5. The van der Waals surface area contributed by atoms with Crippen LogP contribution in [0, 0.1) is 5.82 Å². The van der Waals surface area contributed by atoms with Gasteiger partial charge in [-0.1, -0.05) is 6.07 Å². The van der Waals surface area contributed by atoms with Crippen molar-refractivity contribution in [3.05, 3.63) is 56.6 Å². The first kappa shape index (κ1) is 23.9. The molecule has 0 spiro atoms. The van der Waals surface area contributed by atoms with E-state index < -0.39 is 23.2 Å². The van der Waals surface area contributed by atoms with Gasteiger partial charge in [-0.3, -0.25) is 18.7 Å². The quantitative estimate of drug-likeness (QED) is 0.442. The molecule has 2 atom stereocenters. The lowest BCUT2D eigenvalue weighted by atomic mass is 10.1. The standard InChI is InChI=1S/C24H26FN7O3S/c1-13-6-5-9-31(13)18-8-7-15(10-16(18)25)17-11-36-23(27-17)28-21(33)14(2)32-12-26-20-19(32)22(34)30(4)24(35)29(20)3/h7-8,10-14H,5-6,9H2,1-4H3,(H,27,28,33). The fourth-order valence-corrected chi connectivity index (χ4v) is 5.37. The number of thiazole rings is 1. The maximum Gasteiger partial charge on any atom is 0.332 e. The molecule has 4 heterocycles. The molecule has 188 valence electrons. The van der Waals surface area contributed by atoms with Crippen LogP contribution >= 0.6 is 11.3 Å². The van der Waals surface area contributed by atoms with Gasteiger partial charge in [-0.05, 0) is 38.8 Å². The van der Waals surface area contributed by atoms with Crippen LogP contribution in [0.2, 0.25) is 0 Å². The summed E-state index contributed by atoms with van der Waals surface area (Å²) in [6, 6.07) is 4.61. The summed E-state index contributed by atoms with van der Waals surface area (Å²) in [6.45, 7) is 4.57. The maximum atomic E-state index is 14.9. The van der Waals surface area contributed by atoms with Crippen LogP contribution in [0.25, 0.3) is 22.4 Å². The molecule has 1 aliphatic heterocycles. The van der Waals surface area contributed by atoms with E-state index in [1.165, 1.54) is 47.0 Å². The average molecular weight is 512 g/mol. The third-order valence-corrected chi connectivity index (χ3v) is 7.57. The van der Waals surface area contributed by atoms with E-state index in [1.54, 1.807) is 18.4 Å². The zero-order valence-electron chi connectivity index (χ0n) is 20.4. The highest BCUT2D eigenvalue weighted by atomic mass is 32.1. The minimum Gasteiger partial charge on any atom is -0.366 e. The van der Waals surface area contributed by atoms with Crippen LogP contribution in [0.15, 0.2) is 39.5 Å². The Bertz CT molecular complexity index is 1600. The molecule has 3 aromatic heterocycles. The van der Waals surface area contributed by atoms with Gasteiger partial charge in [0.25, 0.3) is 5.56 Å². The van der Waals surface area contributed by atoms with Gasteiger partial charge >= 0.3 is 5.69 Å². The first-order chi connectivity index (χ1) is 17.2. The third kappa shape index (κ3) is 3.91. The summed E-state index contributed by atoms with van der Waals surface area (Å²) in [7, 11) is 2.90. The number of benzene rings is 1. The molecule has 12 heteroatoms. The molecular weight excluding hydrogens is 485 g/mol. The zero-order valence-corrected chi connectivity index (χ0v) is 21.2. The summed E-state index contributed by atoms with van der Waals surface area (Å²) in [5.74, 6) is -0.702. The Kier molecular flexibility index (Phi) is 5.99. The van der Waals surface area contributed by atoms with Gasteiger partial charge in [-0.25, -0.2) is 19.2 Å². The zero-order chi connectivity index (χ0) is 25.7. The predicted octanol–water partition coefficient (Wildman–Crippen LogP) is 2.88. The van der Waals surface area contributed by atoms with E-state index in [-0.39, 0.29) is 17.0 Å². The SMILES string of the molecule is CC1CCCN1c1ccc(-c2csc(NC(=O)C(C)n3cnc4c3c(=O)n(C)c(=O)n4C)n2)cc1F. The number of aryl methyl sites for hydroxylation is 1. The van der Waals surface area contributed by atoms with E-state index in [0.717, 1.165) is 24.0 Å². The monoisotopic (exact) mass is 511 g/mol. The van der Waals surface area contributed by atoms with Gasteiger partial charge in [0.1, 0.15) is 11.9 Å². The van der Waals surface area contributed by atoms with E-state index >= 15 is 0 Å².